The third-order valence-corrected chi connectivity index (χ3v) is 3.27. The van der Waals surface area contributed by atoms with Gasteiger partial charge < -0.3 is 28.8 Å². The Balaban J connectivity index is 2.50. The van der Waals surface area contributed by atoms with Crippen LogP contribution in [0.25, 0.3) is 0 Å². The second-order valence-corrected chi connectivity index (χ2v) is 4.66. The Hall–Kier alpha value is -3.09. The minimum atomic E-state index is -1.15. The lowest BCUT2D eigenvalue weighted by atomic mass is 10.1. The van der Waals surface area contributed by atoms with Crippen LogP contribution in [0.5, 0.6) is 34.5 Å². The quantitative estimate of drug-likeness (QED) is 0.832. The fourth-order valence-electron chi connectivity index (χ4n) is 2.08. The number of methoxy groups -OCH3 is 4. The summed E-state index contributed by atoms with van der Waals surface area (Å²) < 4.78 is 26.4. The van der Waals surface area contributed by atoms with E-state index >= 15 is 0 Å². The predicted molar refractivity (Wildman–Crippen MR) is 86.1 cm³/mol. The zero-order chi connectivity index (χ0) is 17.7. The molecule has 2 aromatic carbocycles. The van der Waals surface area contributed by atoms with Crippen LogP contribution >= 0.6 is 0 Å². The van der Waals surface area contributed by atoms with E-state index in [2.05, 4.69) is 0 Å². The van der Waals surface area contributed by atoms with Crippen LogP contribution < -0.4 is 23.7 Å². The summed E-state index contributed by atoms with van der Waals surface area (Å²) in [6, 6.07) is 7.71. The van der Waals surface area contributed by atoms with Crippen molar-refractivity contribution in [2.24, 2.45) is 0 Å². The molecule has 0 saturated heterocycles. The fourth-order valence-corrected chi connectivity index (χ4v) is 2.08. The minimum Gasteiger partial charge on any atom is -0.496 e. The molecule has 7 nitrogen and oxygen atoms in total. The van der Waals surface area contributed by atoms with E-state index in [4.69, 9.17) is 23.7 Å². The van der Waals surface area contributed by atoms with Crippen LogP contribution in [0.1, 0.15) is 10.4 Å². The first-order valence-electron chi connectivity index (χ1n) is 6.92. The van der Waals surface area contributed by atoms with Crippen molar-refractivity contribution in [2.75, 3.05) is 28.4 Å². The largest absolute Gasteiger partial charge is 0.496 e. The van der Waals surface area contributed by atoms with Gasteiger partial charge in [-0.25, -0.2) is 4.79 Å². The van der Waals surface area contributed by atoms with Crippen LogP contribution in [0.2, 0.25) is 0 Å². The average molecular weight is 334 g/mol. The molecule has 0 saturated carbocycles. The summed E-state index contributed by atoms with van der Waals surface area (Å²) in [6.45, 7) is 0. The third kappa shape index (κ3) is 3.62. The van der Waals surface area contributed by atoms with Gasteiger partial charge in [-0.15, -0.1) is 0 Å². The lowest BCUT2D eigenvalue weighted by Gasteiger charge is -2.14. The molecule has 128 valence electrons. The van der Waals surface area contributed by atoms with E-state index in [-0.39, 0.29) is 11.3 Å². The number of hydrogen-bond acceptors (Lipinski definition) is 6. The van der Waals surface area contributed by atoms with Gasteiger partial charge >= 0.3 is 5.97 Å². The summed E-state index contributed by atoms with van der Waals surface area (Å²) >= 11 is 0. The Bertz CT molecular complexity index is 718. The Morgan fingerprint density at radius 2 is 1.21 bits per heavy atom. The molecule has 0 aromatic heterocycles. The van der Waals surface area contributed by atoms with Gasteiger partial charge in [-0.05, 0) is 0 Å². The molecule has 1 N–H and O–H groups in total. The number of ether oxygens (including phenoxy) is 5. The zero-order valence-corrected chi connectivity index (χ0v) is 13.8. The lowest BCUT2D eigenvalue weighted by Crippen LogP contribution is -2.02. The number of hydrogen-bond donors (Lipinski definition) is 1. The molecule has 0 aliphatic heterocycles. The van der Waals surface area contributed by atoms with Crippen LogP contribution in [0.3, 0.4) is 0 Å². The van der Waals surface area contributed by atoms with Crippen molar-refractivity contribution in [3.05, 3.63) is 35.9 Å². The molecule has 7 heteroatoms. The molecule has 0 aliphatic rings. The minimum absolute atomic E-state index is 0.0607. The molecule has 0 fully saturated rings. The second-order valence-electron chi connectivity index (χ2n) is 4.66. The average Bonchev–Trinajstić information content (AvgIpc) is 2.60. The van der Waals surface area contributed by atoms with Crippen LogP contribution in [0, 0.1) is 0 Å². The maximum Gasteiger partial charge on any atom is 0.339 e. The molecular formula is C17H18O7. The Labute approximate surface area is 139 Å². The molecule has 0 radical (unpaired) electrons. The Morgan fingerprint density at radius 1 is 0.708 bits per heavy atom. The van der Waals surface area contributed by atoms with Crippen molar-refractivity contribution in [2.45, 2.75) is 0 Å². The normalized spacial score (nSPS) is 10.0. The Morgan fingerprint density at radius 3 is 1.67 bits per heavy atom. The number of carboxylic acids is 1. The van der Waals surface area contributed by atoms with Crippen LogP contribution in [-0.4, -0.2) is 39.5 Å². The van der Waals surface area contributed by atoms with Gasteiger partial charge in [0.15, 0.2) is 11.5 Å². The molecule has 0 amide bonds. The van der Waals surface area contributed by atoms with Gasteiger partial charge in [0.25, 0.3) is 0 Å². The van der Waals surface area contributed by atoms with Gasteiger partial charge in [-0.3, -0.25) is 0 Å². The van der Waals surface area contributed by atoms with Crippen molar-refractivity contribution in [1.29, 1.82) is 0 Å². The van der Waals surface area contributed by atoms with Gasteiger partial charge in [0.2, 0.25) is 0 Å². The van der Waals surface area contributed by atoms with E-state index < -0.39 is 5.97 Å². The Kier molecular flexibility index (Phi) is 5.36. The maximum atomic E-state index is 11.5. The van der Waals surface area contributed by atoms with E-state index in [9.17, 15) is 9.90 Å². The standard InChI is InChI=1S/C17H18O7/c1-20-10-5-11(21-2)7-12(6-10)24-14-9-16(23-4)15(22-3)8-13(14)17(18)19/h5-9H,1-4H3,(H,18,19). The van der Waals surface area contributed by atoms with Crippen molar-refractivity contribution in [3.8, 4) is 34.5 Å². The van der Waals surface area contributed by atoms with E-state index in [0.717, 1.165) is 0 Å². The summed E-state index contributed by atoms with van der Waals surface area (Å²) in [4.78, 5) is 11.5. The van der Waals surface area contributed by atoms with Gasteiger partial charge in [0.1, 0.15) is 28.6 Å². The maximum absolute atomic E-state index is 11.5. The molecule has 24 heavy (non-hydrogen) atoms. The molecule has 0 unspecified atom stereocenters. The van der Waals surface area contributed by atoms with Gasteiger partial charge in [0, 0.05) is 30.3 Å². The first kappa shape index (κ1) is 17.3. The number of benzene rings is 2. The van der Waals surface area contributed by atoms with E-state index in [0.29, 0.717) is 28.7 Å². The summed E-state index contributed by atoms with van der Waals surface area (Å²) in [6.07, 6.45) is 0. The fraction of sp³-hybridized carbons (Fsp3) is 0.235. The van der Waals surface area contributed by atoms with Gasteiger partial charge in [-0.2, -0.15) is 0 Å². The van der Waals surface area contributed by atoms with E-state index in [1.54, 1.807) is 18.2 Å². The van der Waals surface area contributed by atoms with Crippen LogP contribution in [0.4, 0.5) is 0 Å². The number of aromatic carboxylic acids is 1. The monoisotopic (exact) mass is 334 g/mol. The number of carbonyl (C=O) groups is 1. The molecule has 2 aromatic rings. The SMILES string of the molecule is COc1cc(OC)cc(Oc2cc(OC)c(OC)cc2C(=O)O)c1. The van der Waals surface area contributed by atoms with Crippen LogP contribution in [-0.2, 0) is 0 Å². The molecule has 0 aliphatic carbocycles. The number of carboxylic acid groups (broad SMARTS) is 1. The highest BCUT2D eigenvalue weighted by Crippen LogP contribution is 2.38. The predicted octanol–water partition coefficient (Wildman–Crippen LogP) is 3.21. The highest BCUT2D eigenvalue weighted by Gasteiger charge is 2.18. The number of rotatable bonds is 7. The van der Waals surface area contributed by atoms with Crippen molar-refractivity contribution in [3.63, 3.8) is 0 Å². The highest BCUT2D eigenvalue weighted by molar-refractivity contribution is 5.92. The first-order valence-corrected chi connectivity index (χ1v) is 6.92. The van der Waals surface area contributed by atoms with Crippen molar-refractivity contribution < 1.29 is 33.6 Å². The zero-order valence-electron chi connectivity index (χ0n) is 13.8. The smallest absolute Gasteiger partial charge is 0.339 e. The lowest BCUT2D eigenvalue weighted by molar-refractivity contribution is 0.0693. The molecule has 0 spiro atoms. The third-order valence-electron chi connectivity index (χ3n) is 3.27. The van der Waals surface area contributed by atoms with E-state index in [1.165, 1.54) is 40.6 Å². The molecule has 0 heterocycles. The van der Waals surface area contributed by atoms with Crippen molar-refractivity contribution >= 4 is 5.97 Å². The molecular weight excluding hydrogens is 316 g/mol. The highest BCUT2D eigenvalue weighted by atomic mass is 16.5. The summed E-state index contributed by atoms with van der Waals surface area (Å²) in [5.41, 5.74) is -0.0607. The molecule has 2 rings (SSSR count). The second kappa shape index (κ2) is 7.45. The summed E-state index contributed by atoms with van der Waals surface area (Å²) in [5.74, 6) is 0.999. The molecule has 0 bridgehead atoms. The van der Waals surface area contributed by atoms with Crippen molar-refractivity contribution in [1.82, 2.24) is 0 Å². The summed E-state index contributed by atoms with van der Waals surface area (Å²) in [5, 5.41) is 9.40. The van der Waals surface area contributed by atoms with E-state index in [1.807, 2.05) is 0 Å². The molecule has 0 atom stereocenters. The van der Waals surface area contributed by atoms with Gasteiger partial charge in [-0.1, -0.05) is 0 Å². The first-order chi connectivity index (χ1) is 11.5. The van der Waals surface area contributed by atoms with Crippen LogP contribution in [0.15, 0.2) is 30.3 Å². The topological polar surface area (TPSA) is 83.5 Å². The van der Waals surface area contributed by atoms with Gasteiger partial charge in [0.05, 0.1) is 28.4 Å². The summed E-state index contributed by atoms with van der Waals surface area (Å²) in [7, 11) is 5.91.